The number of rotatable bonds is 3. The topological polar surface area (TPSA) is 82.1 Å². The van der Waals surface area contributed by atoms with Gasteiger partial charge in [0.2, 0.25) is 0 Å². The Kier molecular flexibility index (Phi) is 8.18. The Morgan fingerprint density at radius 1 is 0.522 bits per heavy atom. The molecule has 238 valence electrons. The molecule has 0 aliphatic heterocycles. The number of hydrogen-bond donors (Lipinski definition) is 1. The molecule has 0 radical (unpaired) electrons. The van der Waals surface area contributed by atoms with Crippen molar-refractivity contribution in [3.63, 3.8) is 0 Å². The third-order valence-electron chi connectivity index (χ3n) is 10.6. The summed E-state index contributed by atoms with van der Waals surface area (Å²) in [6.45, 7) is 0. The molecule has 0 amide bonds. The molecule has 0 fully saturated rings. The lowest BCUT2D eigenvalue weighted by molar-refractivity contribution is 0.0764. The number of aryl methyl sites for hydroxylation is 2. The van der Waals surface area contributed by atoms with Crippen LogP contribution < -0.4 is 14.2 Å². The smallest absolute Gasteiger partial charge is 0.170 e. The molecule has 6 heteroatoms. The van der Waals surface area contributed by atoms with Gasteiger partial charge in [-0.25, -0.2) is 0 Å². The van der Waals surface area contributed by atoms with Crippen molar-refractivity contribution in [2.45, 2.75) is 58.8 Å². The summed E-state index contributed by atoms with van der Waals surface area (Å²) in [7, 11) is 4.95. The third kappa shape index (κ3) is 5.24. The van der Waals surface area contributed by atoms with Crippen molar-refractivity contribution in [1.29, 1.82) is 0 Å². The molecular formula is C40H42O6. The first-order chi connectivity index (χ1) is 21.8. The van der Waals surface area contributed by atoms with Gasteiger partial charge in [-0.2, -0.15) is 0 Å². The second-order valence-corrected chi connectivity index (χ2v) is 13.1. The molecule has 2 spiro atoms. The molecule has 0 aromatic heterocycles. The first kappa shape index (κ1) is 31.4. The van der Waals surface area contributed by atoms with Crippen LogP contribution in [0.2, 0.25) is 0 Å². The van der Waals surface area contributed by atoms with Crippen molar-refractivity contribution >= 4 is 11.6 Å². The number of carbonyl (C=O) groups excluding carboxylic acids is 2. The van der Waals surface area contributed by atoms with Gasteiger partial charge in [0.05, 0.1) is 21.3 Å². The fraction of sp³-hybridized carbons (Fsp3) is 0.350. The molecular weight excluding hydrogens is 576 g/mol. The summed E-state index contributed by atoms with van der Waals surface area (Å²) >= 11 is 0. The summed E-state index contributed by atoms with van der Waals surface area (Å²) in [5.41, 5.74) is 8.14. The van der Waals surface area contributed by atoms with Gasteiger partial charge in [-0.05, 0) is 133 Å². The van der Waals surface area contributed by atoms with Crippen LogP contribution in [0.1, 0.15) is 74.4 Å². The zero-order valence-electron chi connectivity index (χ0n) is 26.1. The molecule has 0 heterocycles. The SMILES string of the molecule is C.COc1ccc2c(c1)C(=O)C1(CC2)Cc2ccc(O)cc2C1.COc1ccc2c(c1)CC1(CCc3ccc(OC)cc3C1=O)C2. The molecule has 8 rings (SSSR count). The number of ether oxygens (including phenoxy) is 3. The van der Waals surface area contributed by atoms with Crippen molar-refractivity contribution < 1.29 is 28.9 Å². The van der Waals surface area contributed by atoms with Crippen LogP contribution in [-0.2, 0) is 38.5 Å². The Hall–Kier alpha value is -4.58. The van der Waals surface area contributed by atoms with E-state index < -0.39 is 0 Å². The van der Waals surface area contributed by atoms with E-state index in [0.717, 1.165) is 96.4 Å². The van der Waals surface area contributed by atoms with E-state index in [1.807, 2.05) is 48.5 Å². The molecule has 4 aromatic carbocycles. The van der Waals surface area contributed by atoms with Crippen LogP contribution in [0.25, 0.3) is 0 Å². The summed E-state index contributed by atoms with van der Waals surface area (Å²) in [5.74, 6) is 3.13. The molecule has 4 aliphatic carbocycles. The van der Waals surface area contributed by atoms with E-state index in [1.165, 1.54) is 16.7 Å². The number of phenols is 1. The fourth-order valence-corrected chi connectivity index (χ4v) is 8.04. The van der Waals surface area contributed by atoms with Crippen LogP contribution in [0.15, 0.2) is 72.8 Å². The van der Waals surface area contributed by atoms with Gasteiger partial charge < -0.3 is 19.3 Å². The molecule has 4 aromatic rings. The van der Waals surface area contributed by atoms with Gasteiger partial charge in [0.1, 0.15) is 23.0 Å². The first-order valence-corrected chi connectivity index (χ1v) is 15.7. The monoisotopic (exact) mass is 618 g/mol. The minimum atomic E-state index is -0.338. The van der Waals surface area contributed by atoms with Crippen molar-refractivity contribution in [2.75, 3.05) is 21.3 Å². The summed E-state index contributed by atoms with van der Waals surface area (Å²) in [4.78, 5) is 26.4. The third-order valence-corrected chi connectivity index (χ3v) is 10.6. The largest absolute Gasteiger partial charge is 0.508 e. The Morgan fingerprint density at radius 2 is 0.913 bits per heavy atom. The van der Waals surface area contributed by atoms with Gasteiger partial charge in [0, 0.05) is 22.0 Å². The van der Waals surface area contributed by atoms with E-state index in [1.54, 1.807) is 33.5 Å². The van der Waals surface area contributed by atoms with Gasteiger partial charge in [0.15, 0.2) is 11.6 Å². The minimum Gasteiger partial charge on any atom is -0.508 e. The number of phenolic OH excluding ortho intramolecular Hbond substituents is 1. The zero-order valence-corrected chi connectivity index (χ0v) is 26.1. The average molecular weight is 619 g/mol. The summed E-state index contributed by atoms with van der Waals surface area (Å²) in [6.07, 6.45) is 6.82. The Morgan fingerprint density at radius 3 is 1.39 bits per heavy atom. The van der Waals surface area contributed by atoms with Crippen LogP contribution in [0.3, 0.4) is 0 Å². The lowest BCUT2D eigenvalue weighted by atomic mass is 9.68. The molecule has 4 aliphatic rings. The van der Waals surface area contributed by atoms with Crippen molar-refractivity contribution in [1.82, 2.24) is 0 Å². The molecule has 6 nitrogen and oxygen atoms in total. The second kappa shape index (κ2) is 12.0. The molecule has 0 saturated heterocycles. The second-order valence-electron chi connectivity index (χ2n) is 13.1. The first-order valence-electron chi connectivity index (χ1n) is 15.7. The van der Waals surface area contributed by atoms with Crippen molar-refractivity contribution in [3.8, 4) is 23.0 Å². The fourth-order valence-electron chi connectivity index (χ4n) is 8.04. The van der Waals surface area contributed by atoms with Crippen LogP contribution in [-0.4, -0.2) is 38.0 Å². The summed E-state index contributed by atoms with van der Waals surface area (Å²) in [5, 5.41) is 9.67. The molecule has 2 unspecified atom stereocenters. The maximum Gasteiger partial charge on any atom is 0.170 e. The number of fused-ring (bicyclic) bond motifs is 4. The van der Waals surface area contributed by atoms with Crippen LogP contribution in [0.4, 0.5) is 0 Å². The number of hydrogen-bond acceptors (Lipinski definition) is 6. The van der Waals surface area contributed by atoms with Crippen LogP contribution in [0.5, 0.6) is 23.0 Å². The molecule has 0 saturated carbocycles. The van der Waals surface area contributed by atoms with E-state index in [-0.39, 0.29) is 35.6 Å². The zero-order chi connectivity index (χ0) is 31.3. The lowest BCUT2D eigenvalue weighted by Crippen LogP contribution is -2.36. The standard InChI is InChI=1S/C20H20O3.C19H18O3.CH4/c1-22-16-6-4-14-11-20(12-15(14)9-16)8-7-13-3-5-17(23-2)10-18(13)19(20)21;1-22-16-5-3-12-6-7-19(18(21)17(12)9-16)10-13-2-4-15(20)8-14(13)11-19;/h3-6,9-10H,7-8,11-12H2,1-2H3;2-5,8-9,20H,6-7,10-11H2,1H3;1H4. The highest BCUT2D eigenvalue weighted by Crippen LogP contribution is 2.48. The quantitative estimate of drug-likeness (QED) is 0.255. The highest BCUT2D eigenvalue weighted by Gasteiger charge is 2.48. The minimum absolute atomic E-state index is 0. The van der Waals surface area contributed by atoms with E-state index >= 15 is 0 Å². The number of ketones is 2. The van der Waals surface area contributed by atoms with Crippen LogP contribution in [0, 0.1) is 10.8 Å². The predicted octanol–water partition coefficient (Wildman–Crippen LogP) is 7.57. The van der Waals surface area contributed by atoms with Gasteiger partial charge in [-0.3, -0.25) is 9.59 Å². The van der Waals surface area contributed by atoms with Crippen LogP contribution >= 0.6 is 0 Å². The molecule has 46 heavy (non-hydrogen) atoms. The molecule has 0 bridgehead atoms. The summed E-state index contributed by atoms with van der Waals surface area (Å²) < 4.78 is 15.9. The highest BCUT2D eigenvalue weighted by atomic mass is 16.5. The molecule has 2 atom stereocenters. The Balaban J connectivity index is 0.000000158. The molecule has 1 N–H and O–H groups in total. The lowest BCUT2D eigenvalue weighted by Gasteiger charge is -2.33. The highest BCUT2D eigenvalue weighted by molar-refractivity contribution is 6.04. The van der Waals surface area contributed by atoms with E-state index in [9.17, 15) is 14.7 Å². The average Bonchev–Trinajstić information content (AvgIpc) is 3.63. The van der Waals surface area contributed by atoms with E-state index in [4.69, 9.17) is 14.2 Å². The normalized spacial score (nSPS) is 21.7. The van der Waals surface area contributed by atoms with E-state index in [2.05, 4.69) is 12.1 Å². The van der Waals surface area contributed by atoms with Gasteiger partial charge in [-0.1, -0.05) is 31.7 Å². The van der Waals surface area contributed by atoms with Crippen molar-refractivity contribution in [2.24, 2.45) is 10.8 Å². The maximum atomic E-state index is 13.2. The number of methoxy groups -OCH3 is 3. The number of Topliss-reactive ketones (excluding diaryl/α,β-unsaturated/α-hetero) is 2. The number of benzene rings is 4. The predicted molar refractivity (Wildman–Crippen MR) is 179 cm³/mol. The van der Waals surface area contributed by atoms with Gasteiger partial charge in [-0.15, -0.1) is 0 Å². The van der Waals surface area contributed by atoms with Crippen molar-refractivity contribution in [3.05, 3.63) is 117 Å². The Bertz CT molecular complexity index is 1840. The Labute approximate surface area is 271 Å². The summed E-state index contributed by atoms with van der Waals surface area (Å²) in [6, 6.07) is 23.3. The van der Waals surface area contributed by atoms with E-state index in [0.29, 0.717) is 0 Å². The van der Waals surface area contributed by atoms with Gasteiger partial charge >= 0.3 is 0 Å². The number of carbonyl (C=O) groups is 2. The maximum absolute atomic E-state index is 13.2. The number of aromatic hydroxyl groups is 1. The van der Waals surface area contributed by atoms with Gasteiger partial charge in [0.25, 0.3) is 0 Å².